The average molecular weight is 249 g/mol. The summed E-state index contributed by atoms with van der Waals surface area (Å²) in [6, 6.07) is 1.78. The van der Waals surface area contributed by atoms with Gasteiger partial charge in [0.2, 0.25) is 11.9 Å². The number of anilines is 1. The van der Waals surface area contributed by atoms with Crippen LogP contribution in [0.5, 0.6) is 0 Å². The first-order valence-corrected chi connectivity index (χ1v) is 5.53. The van der Waals surface area contributed by atoms with Crippen molar-refractivity contribution in [3.05, 3.63) is 18.5 Å². The topological polar surface area (TPSA) is 95.1 Å². The monoisotopic (exact) mass is 249 g/mol. The highest BCUT2D eigenvalue weighted by Gasteiger charge is 2.10. The SMILES string of the molecule is COCCNC(=O)Cn1c(N)nc2cnccc21. The molecule has 0 aliphatic rings. The van der Waals surface area contributed by atoms with Gasteiger partial charge in [-0.25, -0.2) is 4.98 Å². The summed E-state index contributed by atoms with van der Waals surface area (Å²) in [5, 5.41) is 2.73. The van der Waals surface area contributed by atoms with Crippen LogP contribution in [-0.4, -0.2) is 40.7 Å². The minimum Gasteiger partial charge on any atom is -0.383 e. The van der Waals surface area contributed by atoms with Gasteiger partial charge < -0.3 is 20.4 Å². The van der Waals surface area contributed by atoms with Crippen LogP contribution in [0.15, 0.2) is 18.5 Å². The second kappa shape index (κ2) is 5.46. The van der Waals surface area contributed by atoms with Gasteiger partial charge in [-0.3, -0.25) is 9.78 Å². The van der Waals surface area contributed by atoms with E-state index in [4.69, 9.17) is 10.5 Å². The zero-order valence-corrected chi connectivity index (χ0v) is 10.1. The van der Waals surface area contributed by atoms with Crippen LogP contribution in [0.2, 0.25) is 0 Å². The summed E-state index contributed by atoms with van der Waals surface area (Å²) in [6.07, 6.45) is 3.26. The third-order valence-electron chi connectivity index (χ3n) is 2.51. The molecule has 3 N–H and O–H groups in total. The molecule has 2 heterocycles. The third-order valence-corrected chi connectivity index (χ3v) is 2.51. The molecule has 1 amide bonds. The van der Waals surface area contributed by atoms with Crippen molar-refractivity contribution in [3.63, 3.8) is 0 Å². The molecule has 2 aromatic heterocycles. The number of amides is 1. The number of carbonyl (C=O) groups is 1. The predicted octanol–water partition coefficient (Wildman–Crippen LogP) is -0.224. The molecule has 0 saturated carbocycles. The van der Waals surface area contributed by atoms with E-state index in [1.807, 2.05) is 0 Å². The molecule has 0 atom stereocenters. The zero-order chi connectivity index (χ0) is 13.0. The standard InChI is InChI=1S/C11H15N5O2/c1-18-5-4-14-10(17)7-16-9-2-3-13-6-8(9)15-11(16)12/h2-3,6H,4-5,7H2,1H3,(H2,12,15)(H,14,17). The molecular formula is C11H15N5O2. The van der Waals surface area contributed by atoms with Gasteiger partial charge in [0, 0.05) is 19.9 Å². The number of nitrogens with two attached hydrogens (primary N) is 1. The molecule has 0 aromatic carbocycles. The minimum atomic E-state index is -0.130. The van der Waals surface area contributed by atoms with Gasteiger partial charge in [-0.05, 0) is 6.07 Å². The Balaban J connectivity index is 2.11. The molecule has 2 rings (SSSR count). The molecule has 0 saturated heterocycles. The molecule has 96 valence electrons. The van der Waals surface area contributed by atoms with E-state index in [1.165, 1.54) is 0 Å². The van der Waals surface area contributed by atoms with Crippen LogP contribution in [0, 0.1) is 0 Å². The molecule has 0 spiro atoms. The van der Waals surface area contributed by atoms with Gasteiger partial charge in [-0.15, -0.1) is 0 Å². The lowest BCUT2D eigenvalue weighted by molar-refractivity contribution is -0.121. The van der Waals surface area contributed by atoms with E-state index in [2.05, 4.69) is 15.3 Å². The summed E-state index contributed by atoms with van der Waals surface area (Å²) in [6.45, 7) is 1.09. The number of rotatable bonds is 5. The van der Waals surface area contributed by atoms with Gasteiger partial charge in [0.25, 0.3) is 0 Å². The maximum Gasteiger partial charge on any atom is 0.240 e. The number of nitrogens with one attached hydrogen (secondary N) is 1. The van der Waals surface area contributed by atoms with Crippen LogP contribution < -0.4 is 11.1 Å². The summed E-state index contributed by atoms with van der Waals surface area (Å²) in [5.74, 6) is 0.176. The molecule has 0 bridgehead atoms. The summed E-state index contributed by atoms with van der Waals surface area (Å²) >= 11 is 0. The number of hydrogen-bond donors (Lipinski definition) is 2. The van der Waals surface area contributed by atoms with E-state index in [0.717, 1.165) is 5.52 Å². The van der Waals surface area contributed by atoms with Crippen molar-refractivity contribution < 1.29 is 9.53 Å². The van der Waals surface area contributed by atoms with Crippen molar-refractivity contribution >= 4 is 22.9 Å². The van der Waals surface area contributed by atoms with Crippen molar-refractivity contribution in [2.75, 3.05) is 26.0 Å². The van der Waals surface area contributed by atoms with Crippen LogP contribution in [-0.2, 0) is 16.1 Å². The maximum atomic E-state index is 11.7. The number of ether oxygens (including phenoxy) is 1. The number of methoxy groups -OCH3 is 1. The number of hydrogen-bond acceptors (Lipinski definition) is 5. The Morgan fingerprint density at radius 2 is 2.44 bits per heavy atom. The van der Waals surface area contributed by atoms with E-state index in [1.54, 1.807) is 30.1 Å². The van der Waals surface area contributed by atoms with Crippen molar-refractivity contribution in [2.24, 2.45) is 0 Å². The molecule has 0 aliphatic carbocycles. The van der Waals surface area contributed by atoms with Gasteiger partial charge in [0.1, 0.15) is 12.1 Å². The molecule has 7 nitrogen and oxygen atoms in total. The fourth-order valence-electron chi connectivity index (χ4n) is 1.66. The Morgan fingerprint density at radius 3 is 3.22 bits per heavy atom. The number of fused-ring (bicyclic) bond motifs is 1. The van der Waals surface area contributed by atoms with Gasteiger partial charge in [-0.2, -0.15) is 0 Å². The number of nitrogen functional groups attached to an aromatic ring is 1. The van der Waals surface area contributed by atoms with E-state index in [0.29, 0.717) is 24.6 Å². The lowest BCUT2D eigenvalue weighted by atomic mass is 10.4. The van der Waals surface area contributed by atoms with Gasteiger partial charge in [0.05, 0.1) is 18.3 Å². The molecule has 2 aromatic rings. The highest BCUT2D eigenvalue weighted by atomic mass is 16.5. The van der Waals surface area contributed by atoms with Gasteiger partial charge in [0.15, 0.2) is 0 Å². The fraction of sp³-hybridized carbons (Fsp3) is 0.364. The van der Waals surface area contributed by atoms with E-state index < -0.39 is 0 Å². The largest absolute Gasteiger partial charge is 0.383 e. The Kier molecular flexibility index (Phi) is 3.73. The number of carbonyl (C=O) groups excluding carboxylic acids is 1. The number of nitrogens with zero attached hydrogens (tertiary/aromatic N) is 3. The van der Waals surface area contributed by atoms with Crippen molar-refractivity contribution in [2.45, 2.75) is 6.54 Å². The van der Waals surface area contributed by atoms with Crippen LogP contribution in [0.3, 0.4) is 0 Å². The normalized spacial score (nSPS) is 10.7. The first-order chi connectivity index (χ1) is 8.72. The summed E-state index contributed by atoms with van der Waals surface area (Å²) in [5.41, 5.74) is 7.25. The lowest BCUT2D eigenvalue weighted by Gasteiger charge is -2.07. The van der Waals surface area contributed by atoms with Gasteiger partial charge in [-0.1, -0.05) is 0 Å². The molecular weight excluding hydrogens is 234 g/mol. The first-order valence-electron chi connectivity index (χ1n) is 5.53. The molecule has 0 fully saturated rings. The Bertz CT molecular complexity index is 551. The zero-order valence-electron chi connectivity index (χ0n) is 10.1. The Morgan fingerprint density at radius 1 is 1.61 bits per heavy atom. The smallest absolute Gasteiger partial charge is 0.240 e. The summed E-state index contributed by atoms with van der Waals surface area (Å²) in [4.78, 5) is 19.8. The second-order valence-electron chi connectivity index (χ2n) is 3.76. The fourth-order valence-corrected chi connectivity index (χ4v) is 1.66. The number of pyridine rings is 1. The van der Waals surface area contributed by atoms with Gasteiger partial charge >= 0.3 is 0 Å². The lowest BCUT2D eigenvalue weighted by Crippen LogP contribution is -2.30. The Labute approximate surface area is 104 Å². The molecule has 0 unspecified atom stereocenters. The highest BCUT2D eigenvalue weighted by molar-refractivity contribution is 5.82. The molecule has 18 heavy (non-hydrogen) atoms. The van der Waals surface area contributed by atoms with E-state index >= 15 is 0 Å². The number of imidazole rings is 1. The minimum absolute atomic E-state index is 0.130. The van der Waals surface area contributed by atoms with Crippen molar-refractivity contribution in [3.8, 4) is 0 Å². The Hall–Kier alpha value is -2.15. The van der Waals surface area contributed by atoms with Crippen molar-refractivity contribution in [1.82, 2.24) is 19.9 Å². The van der Waals surface area contributed by atoms with Crippen LogP contribution in [0.4, 0.5) is 5.95 Å². The molecule has 7 heteroatoms. The third kappa shape index (κ3) is 2.57. The summed E-state index contributed by atoms with van der Waals surface area (Å²) < 4.78 is 6.51. The van der Waals surface area contributed by atoms with E-state index in [-0.39, 0.29) is 12.5 Å². The van der Waals surface area contributed by atoms with Crippen LogP contribution in [0.1, 0.15) is 0 Å². The molecule has 0 aliphatic heterocycles. The predicted molar refractivity (Wildman–Crippen MR) is 66.8 cm³/mol. The first kappa shape index (κ1) is 12.3. The second-order valence-corrected chi connectivity index (χ2v) is 3.76. The summed E-state index contributed by atoms with van der Waals surface area (Å²) in [7, 11) is 1.58. The average Bonchev–Trinajstić information content (AvgIpc) is 2.67. The maximum absolute atomic E-state index is 11.7. The highest BCUT2D eigenvalue weighted by Crippen LogP contribution is 2.15. The van der Waals surface area contributed by atoms with Crippen LogP contribution >= 0.6 is 0 Å². The van der Waals surface area contributed by atoms with E-state index in [9.17, 15) is 4.79 Å². The molecule has 0 radical (unpaired) electrons. The quantitative estimate of drug-likeness (QED) is 0.714. The number of aromatic nitrogens is 3. The van der Waals surface area contributed by atoms with Crippen molar-refractivity contribution in [1.29, 1.82) is 0 Å². The van der Waals surface area contributed by atoms with Crippen LogP contribution in [0.25, 0.3) is 11.0 Å².